The average Bonchev–Trinajstić information content (AvgIpc) is 2.71. The van der Waals surface area contributed by atoms with Crippen LogP contribution in [0.1, 0.15) is 18.4 Å². The third-order valence-electron chi connectivity index (χ3n) is 3.43. The number of likely N-dealkylation sites (tertiary alicyclic amines) is 1. The van der Waals surface area contributed by atoms with Crippen molar-refractivity contribution in [2.24, 2.45) is 0 Å². The second-order valence-electron chi connectivity index (χ2n) is 5.02. The topological polar surface area (TPSA) is 3.24 Å². The highest BCUT2D eigenvalue weighted by Crippen LogP contribution is 2.30. The van der Waals surface area contributed by atoms with Gasteiger partial charge in [-0.1, -0.05) is 28.1 Å². The smallest absolute Gasteiger partial charge is 0.128 e. The van der Waals surface area contributed by atoms with Gasteiger partial charge < -0.3 is 0 Å². The Morgan fingerprint density at radius 1 is 1.28 bits per heavy atom. The molecule has 1 fully saturated rings. The van der Waals surface area contributed by atoms with E-state index < -0.39 is 5.67 Å². The van der Waals surface area contributed by atoms with Gasteiger partial charge in [0, 0.05) is 30.5 Å². The number of rotatable bonds is 5. The standard InChI is InChI=1S/C14H18BrF2N/c15-13-4-2-12(3-5-13)10-14(17)6-9-18(11-14)8-1-7-16/h2-5H,1,6-11H2/t14-/m1/s1. The van der Waals surface area contributed by atoms with E-state index in [0.717, 1.165) is 16.6 Å². The van der Waals surface area contributed by atoms with Crippen molar-refractivity contribution in [3.8, 4) is 0 Å². The number of nitrogens with zero attached hydrogens (tertiary/aromatic N) is 1. The van der Waals surface area contributed by atoms with Crippen LogP contribution in [0.5, 0.6) is 0 Å². The summed E-state index contributed by atoms with van der Waals surface area (Å²) in [7, 11) is 0. The summed E-state index contributed by atoms with van der Waals surface area (Å²) in [6, 6.07) is 7.79. The van der Waals surface area contributed by atoms with Gasteiger partial charge in [-0.15, -0.1) is 0 Å². The van der Waals surface area contributed by atoms with Gasteiger partial charge in [0.25, 0.3) is 0 Å². The first-order chi connectivity index (χ1) is 8.61. The molecule has 1 nitrogen and oxygen atoms in total. The summed E-state index contributed by atoms with van der Waals surface area (Å²) >= 11 is 3.37. The van der Waals surface area contributed by atoms with Crippen LogP contribution in [-0.2, 0) is 6.42 Å². The van der Waals surface area contributed by atoms with Crippen molar-refractivity contribution >= 4 is 15.9 Å². The lowest BCUT2D eigenvalue weighted by Gasteiger charge is -2.21. The van der Waals surface area contributed by atoms with Gasteiger partial charge in [0.15, 0.2) is 0 Å². The van der Waals surface area contributed by atoms with E-state index >= 15 is 0 Å². The Bertz CT molecular complexity index is 382. The molecule has 1 aliphatic heterocycles. The molecule has 0 radical (unpaired) electrons. The van der Waals surface area contributed by atoms with Crippen LogP contribution in [0.4, 0.5) is 8.78 Å². The molecule has 0 unspecified atom stereocenters. The van der Waals surface area contributed by atoms with Gasteiger partial charge in [0.05, 0.1) is 6.67 Å². The summed E-state index contributed by atoms with van der Waals surface area (Å²) in [5.74, 6) is 0. The minimum atomic E-state index is -1.15. The third kappa shape index (κ3) is 3.75. The van der Waals surface area contributed by atoms with Crippen LogP contribution in [0.3, 0.4) is 0 Å². The molecule has 1 aromatic carbocycles. The summed E-state index contributed by atoms with van der Waals surface area (Å²) in [5, 5.41) is 0. The first-order valence-corrected chi connectivity index (χ1v) is 7.12. The van der Waals surface area contributed by atoms with Gasteiger partial charge in [0.1, 0.15) is 5.67 Å². The van der Waals surface area contributed by atoms with E-state index in [1.165, 1.54) is 0 Å². The predicted molar refractivity (Wildman–Crippen MR) is 73.3 cm³/mol. The summed E-state index contributed by atoms with van der Waals surface area (Å²) in [6.07, 6.45) is 1.51. The van der Waals surface area contributed by atoms with Gasteiger partial charge in [-0.3, -0.25) is 9.29 Å². The molecular weight excluding hydrogens is 300 g/mol. The Morgan fingerprint density at radius 2 is 2.00 bits per heavy atom. The predicted octanol–water partition coefficient (Wildman–Crippen LogP) is 3.77. The molecule has 18 heavy (non-hydrogen) atoms. The quantitative estimate of drug-likeness (QED) is 0.799. The van der Waals surface area contributed by atoms with E-state index in [4.69, 9.17) is 0 Å². The highest BCUT2D eigenvalue weighted by molar-refractivity contribution is 9.10. The first-order valence-electron chi connectivity index (χ1n) is 6.33. The fourth-order valence-electron chi connectivity index (χ4n) is 2.50. The van der Waals surface area contributed by atoms with E-state index in [-0.39, 0.29) is 6.67 Å². The molecular formula is C14H18BrF2N. The lowest BCUT2D eigenvalue weighted by atomic mass is 9.95. The van der Waals surface area contributed by atoms with Crippen molar-refractivity contribution in [3.63, 3.8) is 0 Å². The monoisotopic (exact) mass is 317 g/mol. The second kappa shape index (κ2) is 6.11. The van der Waals surface area contributed by atoms with Gasteiger partial charge >= 0.3 is 0 Å². The number of hydrogen-bond donors (Lipinski definition) is 0. The molecule has 1 aliphatic rings. The summed E-state index contributed by atoms with van der Waals surface area (Å²) in [6.45, 7) is 1.53. The Balaban J connectivity index is 1.91. The van der Waals surface area contributed by atoms with Gasteiger partial charge in [-0.25, -0.2) is 4.39 Å². The molecule has 0 N–H and O–H groups in total. The molecule has 0 aromatic heterocycles. The van der Waals surface area contributed by atoms with E-state index in [1.807, 2.05) is 29.2 Å². The summed E-state index contributed by atoms with van der Waals surface area (Å²) < 4.78 is 27.7. The van der Waals surface area contributed by atoms with Crippen molar-refractivity contribution in [2.75, 3.05) is 26.3 Å². The molecule has 4 heteroatoms. The van der Waals surface area contributed by atoms with Gasteiger partial charge in [-0.2, -0.15) is 0 Å². The van der Waals surface area contributed by atoms with Crippen LogP contribution < -0.4 is 0 Å². The van der Waals surface area contributed by atoms with Crippen LogP contribution in [-0.4, -0.2) is 36.9 Å². The molecule has 0 spiro atoms. The fourth-order valence-corrected chi connectivity index (χ4v) is 2.77. The van der Waals surface area contributed by atoms with Gasteiger partial charge in [0.2, 0.25) is 0 Å². The molecule has 100 valence electrons. The number of benzene rings is 1. The minimum absolute atomic E-state index is 0.317. The van der Waals surface area contributed by atoms with Crippen molar-refractivity contribution in [3.05, 3.63) is 34.3 Å². The van der Waals surface area contributed by atoms with Crippen LogP contribution in [0.15, 0.2) is 28.7 Å². The van der Waals surface area contributed by atoms with Crippen LogP contribution in [0.25, 0.3) is 0 Å². The van der Waals surface area contributed by atoms with E-state index in [2.05, 4.69) is 15.9 Å². The maximum atomic E-state index is 14.6. The van der Waals surface area contributed by atoms with Crippen molar-refractivity contribution in [1.82, 2.24) is 4.90 Å². The van der Waals surface area contributed by atoms with Gasteiger partial charge in [-0.05, 0) is 30.5 Å². The Morgan fingerprint density at radius 3 is 2.67 bits per heavy atom. The van der Waals surface area contributed by atoms with Crippen LogP contribution in [0.2, 0.25) is 0 Å². The number of hydrogen-bond acceptors (Lipinski definition) is 1. The zero-order chi connectivity index (χ0) is 13.0. The Labute approximate surface area is 115 Å². The highest BCUT2D eigenvalue weighted by Gasteiger charge is 2.37. The van der Waals surface area contributed by atoms with Crippen molar-refractivity contribution in [1.29, 1.82) is 0 Å². The Kier molecular flexibility index (Phi) is 4.73. The zero-order valence-corrected chi connectivity index (χ0v) is 11.9. The maximum absolute atomic E-state index is 14.6. The van der Waals surface area contributed by atoms with Crippen molar-refractivity contribution in [2.45, 2.75) is 24.9 Å². The second-order valence-corrected chi connectivity index (χ2v) is 5.94. The highest BCUT2D eigenvalue weighted by atomic mass is 79.9. The van der Waals surface area contributed by atoms with E-state index in [9.17, 15) is 8.78 Å². The molecule has 0 amide bonds. The maximum Gasteiger partial charge on any atom is 0.128 e. The molecule has 0 saturated carbocycles. The zero-order valence-electron chi connectivity index (χ0n) is 10.3. The normalized spacial score (nSPS) is 24.6. The SMILES string of the molecule is FCCCN1CC[C@@](F)(Cc2ccc(Br)cc2)C1. The first kappa shape index (κ1) is 13.9. The molecule has 1 heterocycles. The Hall–Kier alpha value is -0.480. The lowest BCUT2D eigenvalue weighted by Crippen LogP contribution is -2.31. The molecule has 1 aromatic rings. The van der Waals surface area contributed by atoms with Crippen LogP contribution in [0, 0.1) is 0 Å². The van der Waals surface area contributed by atoms with E-state index in [1.54, 1.807) is 0 Å². The lowest BCUT2D eigenvalue weighted by molar-refractivity contribution is 0.164. The molecule has 2 rings (SSSR count). The number of halogens is 3. The van der Waals surface area contributed by atoms with Crippen LogP contribution >= 0.6 is 15.9 Å². The molecule has 1 atom stereocenters. The summed E-state index contributed by atoms with van der Waals surface area (Å²) in [5.41, 5.74) is -0.127. The summed E-state index contributed by atoms with van der Waals surface area (Å²) in [4.78, 5) is 2.03. The third-order valence-corrected chi connectivity index (χ3v) is 3.95. The molecule has 0 bridgehead atoms. The van der Waals surface area contributed by atoms with E-state index in [0.29, 0.717) is 32.4 Å². The minimum Gasteiger partial charge on any atom is -0.300 e. The molecule has 1 saturated heterocycles. The number of alkyl halides is 2. The largest absolute Gasteiger partial charge is 0.300 e. The fraction of sp³-hybridized carbons (Fsp3) is 0.571. The molecule has 0 aliphatic carbocycles. The average molecular weight is 318 g/mol. The van der Waals surface area contributed by atoms with Crippen molar-refractivity contribution < 1.29 is 8.78 Å².